The monoisotopic (exact) mass is 253 g/mol. The predicted molar refractivity (Wildman–Crippen MR) is 63.3 cm³/mol. The Balaban J connectivity index is 2.77. The van der Waals surface area contributed by atoms with Gasteiger partial charge in [0.1, 0.15) is 6.04 Å². The SMILES string of the molecule is CCOC(=O)C(C)NC(=O)c1cccc(O)c1O. The molecule has 18 heavy (non-hydrogen) atoms. The van der Waals surface area contributed by atoms with Gasteiger partial charge in [0.15, 0.2) is 11.5 Å². The number of hydrogen-bond donors (Lipinski definition) is 3. The molecule has 0 radical (unpaired) electrons. The molecule has 0 saturated heterocycles. The average molecular weight is 253 g/mol. The number of hydrogen-bond acceptors (Lipinski definition) is 5. The molecule has 0 aromatic heterocycles. The maximum absolute atomic E-state index is 11.7. The summed E-state index contributed by atoms with van der Waals surface area (Å²) in [6, 6.07) is 3.17. The van der Waals surface area contributed by atoms with Crippen LogP contribution in [0.2, 0.25) is 0 Å². The number of esters is 1. The molecular weight excluding hydrogens is 238 g/mol. The largest absolute Gasteiger partial charge is 0.504 e. The lowest BCUT2D eigenvalue weighted by Crippen LogP contribution is -2.39. The van der Waals surface area contributed by atoms with Crippen LogP contribution in [0, 0.1) is 0 Å². The van der Waals surface area contributed by atoms with Gasteiger partial charge in [0.2, 0.25) is 0 Å². The number of ether oxygens (including phenoxy) is 1. The van der Waals surface area contributed by atoms with E-state index in [2.05, 4.69) is 5.32 Å². The molecule has 0 fully saturated rings. The van der Waals surface area contributed by atoms with Crippen molar-refractivity contribution in [3.8, 4) is 11.5 Å². The first kappa shape index (κ1) is 13.8. The number of para-hydroxylation sites is 1. The van der Waals surface area contributed by atoms with Crippen molar-refractivity contribution >= 4 is 11.9 Å². The Morgan fingerprint density at radius 1 is 1.39 bits per heavy atom. The van der Waals surface area contributed by atoms with Gasteiger partial charge in [-0.05, 0) is 26.0 Å². The van der Waals surface area contributed by atoms with E-state index in [0.717, 1.165) is 0 Å². The number of carbonyl (C=O) groups excluding carboxylic acids is 2. The van der Waals surface area contributed by atoms with Crippen LogP contribution in [-0.2, 0) is 9.53 Å². The predicted octanol–water partition coefficient (Wildman–Crippen LogP) is 0.779. The molecule has 6 heteroatoms. The van der Waals surface area contributed by atoms with Gasteiger partial charge in [-0.3, -0.25) is 4.79 Å². The van der Waals surface area contributed by atoms with Crippen molar-refractivity contribution in [1.82, 2.24) is 5.32 Å². The number of aromatic hydroxyl groups is 2. The van der Waals surface area contributed by atoms with Crippen LogP contribution in [0.25, 0.3) is 0 Å². The molecule has 1 unspecified atom stereocenters. The van der Waals surface area contributed by atoms with Gasteiger partial charge in [-0.25, -0.2) is 4.79 Å². The van der Waals surface area contributed by atoms with Crippen LogP contribution < -0.4 is 5.32 Å². The van der Waals surface area contributed by atoms with Crippen molar-refractivity contribution in [2.24, 2.45) is 0 Å². The van der Waals surface area contributed by atoms with E-state index >= 15 is 0 Å². The molecule has 98 valence electrons. The molecule has 3 N–H and O–H groups in total. The molecule has 6 nitrogen and oxygen atoms in total. The number of amides is 1. The highest BCUT2D eigenvalue weighted by Crippen LogP contribution is 2.27. The number of nitrogens with one attached hydrogen (secondary N) is 1. The van der Waals surface area contributed by atoms with Gasteiger partial charge in [-0.1, -0.05) is 6.07 Å². The van der Waals surface area contributed by atoms with Crippen LogP contribution in [0.5, 0.6) is 11.5 Å². The van der Waals surface area contributed by atoms with Crippen molar-refractivity contribution in [3.05, 3.63) is 23.8 Å². The summed E-state index contributed by atoms with van der Waals surface area (Å²) in [6.07, 6.45) is 0. The van der Waals surface area contributed by atoms with Gasteiger partial charge in [0, 0.05) is 0 Å². The molecular formula is C12H15NO5. The first-order chi connectivity index (χ1) is 8.47. The van der Waals surface area contributed by atoms with Gasteiger partial charge in [0.25, 0.3) is 5.91 Å². The number of benzene rings is 1. The molecule has 0 saturated carbocycles. The van der Waals surface area contributed by atoms with Gasteiger partial charge in [-0.15, -0.1) is 0 Å². The molecule has 1 atom stereocenters. The van der Waals surface area contributed by atoms with E-state index < -0.39 is 29.4 Å². The van der Waals surface area contributed by atoms with Crippen LogP contribution >= 0.6 is 0 Å². The molecule has 1 rings (SSSR count). The van der Waals surface area contributed by atoms with E-state index in [9.17, 15) is 19.8 Å². The van der Waals surface area contributed by atoms with Crippen LogP contribution in [-0.4, -0.2) is 34.7 Å². The topological polar surface area (TPSA) is 95.9 Å². The third-order valence-corrected chi connectivity index (χ3v) is 2.25. The van der Waals surface area contributed by atoms with E-state index in [0.29, 0.717) is 0 Å². The van der Waals surface area contributed by atoms with Gasteiger partial charge >= 0.3 is 5.97 Å². The highest BCUT2D eigenvalue weighted by Gasteiger charge is 2.20. The normalized spacial score (nSPS) is 11.7. The highest BCUT2D eigenvalue weighted by atomic mass is 16.5. The molecule has 0 aliphatic rings. The zero-order chi connectivity index (χ0) is 13.7. The minimum absolute atomic E-state index is 0.105. The third kappa shape index (κ3) is 3.13. The van der Waals surface area contributed by atoms with E-state index in [1.165, 1.54) is 25.1 Å². The Hall–Kier alpha value is -2.24. The number of phenols is 2. The molecule has 0 aliphatic carbocycles. The minimum Gasteiger partial charge on any atom is -0.504 e. The Morgan fingerprint density at radius 3 is 2.67 bits per heavy atom. The van der Waals surface area contributed by atoms with E-state index in [1.807, 2.05) is 0 Å². The minimum atomic E-state index is -0.834. The lowest BCUT2D eigenvalue weighted by molar-refractivity contribution is -0.144. The highest BCUT2D eigenvalue weighted by molar-refractivity contribution is 5.99. The zero-order valence-corrected chi connectivity index (χ0v) is 10.1. The smallest absolute Gasteiger partial charge is 0.328 e. The van der Waals surface area contributed by atoms with Crippen molar-refractivity contribution in [2.45, 2.75) is 19.9 Å². The maximum Gasteiger partial charge on any atom is 0.328 e. The molecule has 1 aromatic carbocycles. The fraction of sp³-hybridized carbons (Fsp3) is 0.333. The summed E-state index contributed by atoms with van der Waals surface area (Å²) < 4.78 is 4.73. The van der Waals surface area contributed by atoms with Crippen LogP contribution in [0.4, 0.5) is 0 Å². The summed E-state index contributed by atoms with van der Waals surface area (Å²) in [5.74, 6) is -2.15. The molecule has 0 heterocycles. The Kier molecular flexibility index (Phi) is 4.53. The zero-order valence-electron chi connectivity index (χ0n) is 10.1. The molecule has 0 spiro atoms. The number of phenolic OH excluding ortho intramolecular Hbond substituents is 2. The first-order valence-electron chi connectivity index (χ1n) is 5.45. The van der Waals surface area contributed by atoms with Gasteiger partial charge in [-0.2, -0.15) is 0 Å². The van der Waals surface area contributed by atoms with Crippen LogP contribution in [0.1, 0.15) is 24.2 Å². The second-order valence-corrected chi connectivity index (χ2v) is 3.62. The van der Waals surface area contributed by atoms with Crippen molar-refractivity contribution in [2.75, 3.05) is 6.61 Å². The van der Waals surface area contributed by atoms with Crippen molar-refractivity contribution in [1.29, 1.82) is 0 Å². The summed E-state index contributed by atoms with van der Waals surface area (Å²) >= 11 is 0. The molecule has 1 aromatic rings. The molecule has 1 amide bonds. The fourth-order valence-corrected chi connectivity index (χ4v) is 1.32. The van der Waals surface area contributed by atoms with Gasteiger partial charge < -0.3 is 20.3 Å². The molecule has 0 aliphatic heterocycles. The maximum atomic E-state index is 11.7. The Morgan fingerprint density at radius 2 is 2.06 bits per heavy atom. The third-order valence-electron chi connectivity index (χ3n) is 2.25. The summed E-state index contributed by atoms with van der Waals surface area (Å²) in [4.78, 5) is 23.1. The number of carbonyl (C=O) groups is 2. The lowest BCUT2D eigenvalue weighted by Gasteiger charge is -2.13. The summed E-state index contributed by atoms with van der Waals surface area (Å²) in [6.45, 7) is 3.35. The van der Waals surface area contributed by atoms with E-state index in [4.69, 9.17) is 4.74 Å². The Labute approximate surface area is 104 Å². The molecule has 0 bridgehead atoms. The van der Waals surface area contributed by atoms with Crippen LogP contribution in [0.15, 0.2) is 18.2 Å². The lowest BCUT2D eigenvalue weighted by atomic mass is 10.1. The van der Waals surface area contributed by atoms with Crippen molar-refractivity contribution < 1.29 is 24.5 Å². The first-order valence-corrected chi connectivity index (χ1v) is 5.45. The summed E-state index contributed by atoms with van der Waals surface area (Å²) in [5, 5.41) is 21.1. The second kappa shape index (κ2) is 5.90. The van der Waals surface area contributed by atoms with E-state index in [1.54, 1.807) is 6.92 Å². The van der Waals surface area contributed by atoms with Crippen LogP contribution in [0.3, 0.4) is 0 Å². The van der Waals surface area contributed by atoms with Crippen molar-refractivity contribution in [3.63, 3.8) is 0 Å². The quantitative estimate of drug-likeness (QED) is 0.544. The Bertz CT molecular complexity index is 458. The standard InChI is InChI=1S/C12H15NO5/c1-3-18-12(17)7(2)13-11(16)8-5-4-6-9(14)10(8)15/h4-7,14-15H,3H2,1-2H3,(H,13,16). The van der Waals surface area contributed by atoms with Gasteiger partial charge in [0.05, 0.1) is 12.2 Å². The summed E-state index contributed by atoms with van der Waals surface area (Å²) in [5.41, 5.74) is -0.105. The number of rotatable bonds is 4. The fourth-order valence-electron chi connectivity index (χ4n) is 1.32. The average Bonchev–Trinajstić information content (AvgIpc) is 2.32. The van der Waals surface area contributed by atoms with E-state index in [-0.39, 0.29) is 12.2 Å². The summed E-state index contributed by atoms with van der Waals surface area (Å²) in [7, 11) is 0. The second-order valence-electron chi connectivity index (χ2n) is 3.62.